The first-order valence-corrected chi connectivity index (χ1v) is 13.8. The van der Waals surface area contributed by atoms with Gasteiger partial charge in [0.2, 0.25) is 0 Å². The Morgan fingerprint density at radius 3 is 1.69 bits per heavy atom. The van der Waals surface area contributed by atoms with Gasteiger partial charge >= 0.3 is 0 Å². The second-order valence-electron chi connectivity index (χ2n) is 9.41. The smallest absolute Gasteiger partial charge is 0.172 e. The van der Waals surface area contributed by atoms with Gasteiger partial charge in [-0.15, -0.1) is 22.7 Å². The van der Waals surface area contributed by atoms with Crippen LogP contribution in [-0.4, -0.2) is 19.7 Å². The molecule has 1 aliphatic heterocycles. The largest absolute Gasteiger partial charge is 0.480 e. The van der Waals surface area contributed by atoms with Crippen molar-refractivity contribution in [1.82, 2.24) is 0 Å². The summed E-state index contributed by atoms with van der Waals surface area (Å²) < 4.78 is 5.82. The fourth-order valence-electron chi connectivity index (χ4n) is 3.97. The van der Waals surface area contributed by atoms with Gasteiger partial charge < -0.3 is 9.64 Å². The highest BCUT2D eigenvalue weighted by atomic mass is 32.1. The molecule has 0 spiro atoms. The molecule has 3 aromatic rings. The van der Waals surface area contributed by atoms with Crippen LogP contribution in [0.4, 0.5) is 5.69 Å². The Labute approximate surface area is 237 Å². The zero-order valence-corrected chi connectivity index (χ0v) is 23.7. The molecule has 3 heterocycles. The summed E-state index contributed by atoms with van der Waals surface area (Å²) in [6.45, 7) is 3.63. The number of nitriles is 3. The molecule has 0 N–H and O–H groups in total. The summed E-state index contributed by atoms with van der Waals surface area (Å²) in [6, 6.07) is 22.5. The van der Waals surface area contributed by atoms with E-state index in [-0.39, 0.29) is 16.9 Å². The van der Waals surface area contributed by atoms with E-state index in [9.17, 15) is 15.8 Å². The SMILES string of the molecule is CN(C)c1ccc(/C=C/c2ccc(/C=C/c3ccc(/C=C/C4=C(C#N)C(=C(C#N)C#N)OC4(C)C)s3)s2)cc1. The predicted octanol–water partition coefficient (Wildman–Crippen LogP) is 8.16. The van der Waals surface area contributed by atoms with E-state index in [1.54, 1.807) is 22.7 Å². The van der Waals surface area contributed by atoms with E-state index in [0.29, 0.717) is 5.57 Å². The van der Waals surface area contributed by atoms with Gasteiger partial charge in [0.25, 0.3) is 0 Å². The first kappa shape index (κ1) is 27.4. The van der Waals surface area contributed by atoms with Crippen LogP contribution in [0.1, 0.15) is 38.9 Å². The summed E-state index contributed by atoms with van der Waals surface area (Å²) in [5, 5.41) is 28.2. The van der Waals surface area contributed by atoms with Crippen molar-refractivity contribution in [1.29, 1.82) is 15.8 Å². The van der Waals surface area contributed by atoms with Crippen molar-refractivity contribution in [2.45, 2.75) is 19.4 Å². The molecule has 192 valence electrons. The van der Waals surface area contributed by atoms with Crippen LogP contribution >= 0.6 is 22.7 Å². The molecule has 1 aromatic carbocycles. The van der Waals surface area contributed by atoms with Gasteiger partial charge in [-0.2, -0.15) is 15.8 Å². The molecule has 0 fully saturated rings. The molecule has 0 amide bonds. The second-order valence-corrected chi connectivity index (χ2v) is 11.7. The lowest BCUT2D eigenvalue weighted by Gasteiger charge is -2.20. The van der Waals surface area contributed by atoms with Crippen LogP contribution in [0.25, 0.3) is 30.4 Å². The molecule has 39 heavy (non-hydrogen) atoms. The molecule has 0 radical (unpaired) electrons. The molecular weight excluding hydrogens is 521 g/mol. The van der Waals surface area contributed by atoms with E-state index >= 15 is 0 Å². The number of rotatable bonds is 7. The number of ether oxygens (including phenoxy) is 1. The van der Waals surface area contributed by atoms with E-state index in [2.05, 4.69) is 77.7 Å². The van der Waals surface area contributed by atoms with E-state index in [1.165, 1.54) is 21.0 Å². The van der Waals surface area contributed by atoms with Crippen LogP contribution in [-0.2, 0) is 4.74 Å². The third-order valence-corrected chi connectivity index (χ3v) is 8.07. The van der Waals surface area contributed by atoms with Crippen LogP contribution < -0.4 is 4.90 Å². The van der Waals surface area contributed by atoms with Crippen molar-refractivity contribution < 1.29 is 4.74 Å². The van der Waals surface area contributed by atoms with Crippen molar-refractivity contribution >= 4 is 58.7 Å². The summed E-state index contributed by atoms with van der Waals surface area (Å²) in [6.07, 6.45) is 12.2. The number of allylic oxidation sites excluding steroid dienone is 2. The molecule has 0 saturated heterocycles. The Balaban J connectivity index is 1.45. The minimum atomic E-state index is -0.823. The lowest BCUT2D eigenvalue weighted by atomic mass is 9.94. The minimum Gasteiger partial charge on any atom is -0.480 e. The number of anilines is 1. The molecule has 0 bridgehead atoms. The third-order valence-electron chi connectivity index (χ3n) is 6.04. The lowest BCUT2D eigenvalue weighted by molar-refractivity contribution is 0.0954. The van der Waals surface area contributed by atoms with Gasteiger partial charge in [-0.1, -0.05) is 24.3 Å². The fourth-order valence-corrected chi connectivity index (χ4v) is 5.60. The minimum absolute atomic E-state index is 0.0503. The van der Waals surface area contributed by atoms with Gasteiger partial charge in [0.15, 0.2) is 11.3 Å². The summed E-state index contributed by atoms with van der Waals surface area (Å²) in [7, 11) is 4.07. The summed E-state index contributed by atoms with van der Waals surface area (Å²) in [4.78, 5) is 6.57. The Morgan fingerprint density at radius 1 is 0.744 bits per heavy atom. The van der Waals surface area contributed by atoms with Crippen LogP contribution in [0, 0.1) is 34.0 Å². The quantitative estimate of drug-likeness (QED) is 0.279. The van der Waals surface area contributed by atoms with Crippen molar-refractivity contribution in [2.75, 3.05) is 19.0 Å². The van der Waals surface area contributed by atoms with Gasteiger partial charge in [-0.25, -0.2) is 0 Å². The normalized spacial score (nSPS) is 14.5. The van der Waals surface area contributed by atoms with Crippen molar-refractivity contribution in [2.24, 2.45) is 0 Å². The molecule has 0 saturated carbocycles. The standard InChI is InChI=1S/C32H26N4OS2/c1-32(2)30(29(21-35)31(37-32)23(19-33)20-34)18-17-28-16-15-27(39-28)14-13-26-12-11-25(38-26)10-7-22-5-8-24(9-6-22)36(3)4/h5-18H,1-4H3/b10-7+,14-13+,18-17+. The molecule has 0 atom stereocenters. The van der Waals surface area contributed by atoms with E-state index in [4.69, 9.17) is 4.74 Å². The number of hydrogen-bond acceptors (Lipinski definition) is 7. The van der Waals surface area contributed by atoms with Crippen LogP contribution in [0.5, 0.6) is 0 Å². The molecule has 5 nitrogen and oxygen atoms in total. The predicted molar refractivity (Wildman–Crippen MR) is 162 cm³/mol. The van der Waals surface area contributed by atoms with Crippen LogP contribution in [0.3, 0.4) is 0 Å². The maximum Gasteiger partial charge on any atom is 0.172 e. The van der Waals surface area contributed by atoms with Crippen molar-refractivity contribution in [3.8, 4) is 18.2 Å². The van der Waals surface area contributed by atoms with Gasteiger partial charge in [0.1, 0.15) is 29.4 Å². The lowest BCUT2D eigenvalue weighted by Crippen LogP contribution is -2.20. The van der Waals surface area contributed by atoms with Gasteiger partial charge in [-0.3, -0.25) is 0 Å². The second kappa shape index (κ2) is 11.8. The number of benzene rings is 1. The zero-order chi connectivity index (χ0) is 28.0. The maximum absolute atomic E-state index is 9.69. The highest BCUT2D eigenvalue weighted by molar-refractivity contribution is 7.14. The summed E-state index contributed by atoms with van der Waals surface area (Å²) in [5.74, 6) is 0.0503. The molecule has 4 rings (SSSR count). The Kier molecular flexibility index (Phi) is 8.33. The van der Waals surface area contributed by atoms with Gasteiger partial charge in [0, 0.05) is 44.9 Å². The average Bonchev–Trinajstić information content (AvgIpc) is 3.63. The summed E-state index contributed by atoms with van der Waals surface area (Å²) >= 11 is 3.36. The Hall–Kier alpha value is -4.61. The van der Waals surface area contributed by atoms with Crippen LogP contribution in [0.15, 0.2) is 77.1 Å². The van der Waals surface area contributed by atoms with E-state index < -0.39 is 5.60 Å². The van der Waals surface area contributed by atoms with Crippen LogP contribution in [0.2, 0.25) is 0 Å². The number of nitrogens with zero attached hydrogens (tertiary/aromatic N) is 4. The van der Waals surface area contributed by atoms with E-state index in [0.717, 1.165) is 9.75 Å². The monoisotopic (exact) mass is 546 g/mol. The molecule has 2 aromatic heterocycles. The first-order chi connectivity index (χ1) is 18.7. The molecule has 7 heteroatoms. The molecule has 0 aliphatic carbocycles. The van der Waals surface area contributed by atoms with E-state index in [1.807, 2.05) is 58.3 Å². The van der Waals surface area contributed by atoms with Gasteiger partial charge in [-0.05, 0) is 80.1 Å². The molecular formula is C32H26N4OS2. The number of thiophene rings is 2. The molecule has 1 aliphatic rings. The Bertz CT molecular complexity index is 1640. The third kappa shape index (κ3) is 6.46. The number of hydrogen-bond donors (Lipinski definition) is 0. The van der Waals surface area contributed by atoms with Crippen molar-refractivity contribution in [3.05, 3.63) is 102 Å². The highest BCUT2D eigenvalue weighted by Gasteiger charge is 2.38. The Morgan fingerprint density at radius 2 is 1.23 bits per heavy atom. The summed E-state index contributed by atoms with van der Waals surface area (Å²) in [5.41, 5.74) is 2.19. The fraction of sp³-hybridized carbons (Fsp3) is 0.156. The average molecular weight is 547 g/mol. The van der Waals surface area contributed by atoms with Gasteiger partial charge in [0.05, 0.1) is 0 Å². The van der Waals surface area contributed by atoms with Crippen molar-refractivity contribution in [3.63, 3.8) is 0 Å². The zero-order valence-electron chi connectivity index (χ0n) is 22.1. The topological polar surface area (TPSA) is 83.8 Å². The maximum atomic E-state index is 9.69. The molecule has 0 unspecified atom stereocenters. The first-order valence-electron chi connectivity index (χ1n) is 12.1. The highest BCUT2D eigenvalue weighted by Crippen LogP contribution is 2.40.